The summed E-state index contributed by atoms with van der Waals surface area (Å²) in [4.78, 5) is 201. The molecule has 7 aliphatic rings. The number of carbonyl (C=O) groups excluding carboxylic acids is 11. The zero-order valence-corrected chi connectivity index (χ0v) is 60.5. The third-order valence-electron chi connectivity index (χ3n) is 16.1. The Morgan fingerprint density at radius 3 is 2.01 bits per heavy atom. The minimum atomic E-state index is -2.31. The average molecular weight is 1530 g/mol. The highest BCUT2D eigenvalue weighted by Gasteiger charge is 2.43. The minimum Gasteiger partial charge on any atom is -0.480 e. The molecular weight excluding hydrogens is 1460 g/mol. The van der Waals surface area contributed by atoms with E-state index in [1.165, 1.54) is 107 Å². The molecule has 4 aromatic rings. The molecule has 4 aromatic heterocycles. The Kier molecular flexibility index (Phi) is 24.4. The summed E-state index contributed by atoms with van der Waals surface area (Å²) in [5, 5.41) is 51.8. The predicted octanol–water partition coefficient (Wildman–Crippen LogP) is 0.0186. The Bertz CT molecular complexity index is 4280. The number of guanidine groups is 1. The van der Waals surface area contributed by atoms with Gasteiger partial charge in [-0.05, 0) is 65.5 Å². The number of thiazole rings is 3. The summed E-state index contributed by atoms with van der Waals surface area (Å²) in [7, 11) is 0. The summed E-state index contributed by atoms with van der Waals surface area (Å²) in [6.45, 7) is 8.94. The molecule has 0 spiro atoms. The average Bonchev–Trinajstić information content (AvgIpc) is 1.71. The van der Waals surface area contributed by atoms with E-state index in [1.807, 2.05) is 0 Å². The summed E-state index contributed by atoms with van der Waals surface area (Å²) < 4.78 is 0. The number of amides is 11. The molecule has 0 radical (unpaired) electrons. The maximum absolute atomic E-state index is 15.0. The van der Waals surface area contributed by atoms with E-state index in [0.717, 1.165) is 11.8 Å². The van der Waals surface area contributed by atoms with Crippen molar-refractivity contribution < 1.29 is 62.6 Å². The first-order valence-corrected chi connectivity index (χ1v) is 38.1. The van der Waals surface area contributed by atoms with Gasteiger partial charge >= 0.3 is 5.97 Å². The molecule has 538 valence electrons. The number of carbonyl (C=O) groups is 12. The standard InChI is InChI=1S/C61H69N21O13S7/c1-6-28-49(90)81-61(5)59(95)80-30(10-8-14-65-60(63)64)45(86)66-17-42(84)69-29(7-2)57(92)82-15-9-11-40(82)50(91)67-25(3)43-27(44(85)72-32(16-41(62)83)53-74-34(19-97-53)47(88)71-28)12-13-31(70-43)52-78-37(22-100-52)54-75-33(18-98-54)46(87)68-26(4)51-77-36(21-96-51)56-79-38(23-101-56)55-76-35(20-99-55)48(89)73-39(24-102-61)58(93)94/h6-7,12-13,21-23,25,30,32-35,39-40H,4,8-11,14-20,24H2,1-3,5H3,(H2,62,83)(H,66,86)(H,67,91)(H,68,87)(H,69,84)(H,71,88)(H,72,85)(H,73,89)(H,80,95)(H,81,90)(H,93,94)(H4,63,64,65)/b28-6?,29-7+/t25-,30-,32-,33+,34?,35+,39-,40-,61?/m0/s1. The van der Waals surface area contributed by atoms with E-state index in [4.69, 9.17) is 36.8 Å². The molecule has 11 rings (SSSR count). The number of nitrogens with one attached hydrogen (secondary N) is 11. The van der Waals surface area contributed by atoms with E-state index in [-0.39, 0.29) is 83.0 Å². The third-order valence-corrected chi connectivity index (χ3v) is 23.4. The van der Waals surface area contributed by atoms with Crippen molar-refractivity contribution in [2.45, 2.75) is 113 Å². The predicted molar refractivity (Wildman–Crippen MR) is 388 cm³/mol. The maximum Gasteiger partial charge on any atom is 0.327 e. The molecule has 0 aromatic carbocycles. The molecule has 1 saturated heterocycles. The summed E-state index contributed by atoms with van der Waals surface area (Å²) in [5.41, 5.74) is 12.2. The fraction of sp³-hybridized carbons (Fsp3) is 0.410. The zero-order chi connectivity index (χ0) is 73.3. The highest BCUT2D eigenvalue weighted by atomic mass is 32.2. The molecule has 1 fully saturated rings. The summed E-state index contributed by atoms with van der Waals surface area (Å²) in [5.74, 6) is -11.8. The van der Waals surface area contributed by atoms with Gasteiger partial charge in [-0.1, -0.05) is 18.7 Å². The van der Waals surface area contributed by atoms with Gasteiger partial charge in [0.15, 0.2) is 10.8 Å². The van der Waals surface area contributed by atoms with Crippen LogP contribution in [0.3, 0.4) is 0 Å². The van der Waals surface area contributed by atoms with Crippen molar-refractivity contribution in [2.75, 3.05) is 42.6 Å². The normalized spacial score (nSPS) is 26.1. The largest absolute Gasteiger partial charge is 0.480 e. The number of hydrogen-bond donors (Lipinski definition) is 14. The monoisotopic (exact) mass is 1530 g/mol. The number of aromatic nitrogens is 4. The highest BCUT2D eigenvalue weighted by molar-refractivity contribution is 8.15. The number of pyridine rings is 1. The van der Waals surface area contributed by atoms with Crippen LogP contribution in [0.2, 0.25) is 0 Å². The highest BCUT2D eigenvalue weighted by Crippen LogP contribution is 2.35. The van der Waals surface area contributed by atoms with Gasteiger partial charge in [-0.2, -0.15) is 0 Å². The number of fused-ring (bicyclic) bond motifs is 8. The SMILES string of the molecule is C=C1NC(=O)[C@H]2CSC(=N2)c2csc(n2)-c2ccc3c(n2)[C@H](C)NC(=O)[C@@H]2CCCN2C(=O)/C(=C\C)NC(=O)CNC(=O)[C@H](CCCNC(=N)N)NC(=O)C(C)(NC(=O)C(=CC)NC(=O)C2CSC(=N2)[C@H](CC(N)=O)NC3=O)SC[C@@H](C(=O)O)NC(=O)[C@H]2CSC(=N2)c2csc(n2)-c2csc1n2. The number of allylic oxidation sites excluding steroid dienone is 2. The fourth-order valence-corrected chi connectivity index (χ4v) is 17.5. The van der Waals surface area contributed by atoms with Crippen molar-refractivity contribution >= 4 is 179 Å². The number of nitrogens with two attached hydrogens (primary N) is 2. The molecule has 102 heavy (non-hydrogen) atoms. The van der Waals surface area contributed by atoms with Gasteiger partial charge in [0.2, 0.25) is 41.4 Å². The van der Waals surface area contributed by atoms with Crippen molar-refractivity contribution in [2.24, 2.45) is 26.4 Å². The molecule has 9 atom stereocenters. The molecule has 41 heteroatoms. The first kappa shape index (κ1) is 75.2. The van der Waals surface area contributed by atoms with E-state index in [9.17, 15) is 57.8 Å². The van der Waals surface area contributed by atoms with Gasteiger partial charge < -0.3 is 74.6 Å². The summed E-state index contributed by atoms with van der Waals surface area (Å²) in [6.07, 6.45) is 2.32. The van der Waals surface area contributed by atoms with E-state index in [1.54, 1.807) is 23.1 Å². The van der Waals surface area contributed by atoms with Gasteiger partial charge in [-0.25, -0.2) is 24.7 Å². The Hall–Kier alpha value is -9.42. The van der Waals surface area contributed by atoms with E-state index < -0.39 is 155 Å². The van der Waals surface area contributed by atoms with Crippen molar-refractivity contribution in [1.29, 1.82) is 5.41 Å². The molecule has 16 N–H and O–H groups in total. The van der Waals surface area contributed by atoms with Crippen LogP contribution in [0.1, 0.15) is 98.3 Å². The number of carboxylic acid groups (broad SMARTS) is 1. The minimum absolute atomic E-state index is 0.000233. The lowest BCUT2D eigenvalue weighted by Gasteiger charge is -2.32. The number of aliphatic imine (C=N–C) groups is 3. The van der Waals surface area contributed by atoms with Crippen LogP contribution in [0.25, 0.3) is 27.1 Å². The first-order valence-electron chi connectivity index (χ1n) is 31.5. The molecular formula is C61H69N21O13S7. The smallest absolute Gasteiger partial charge is 0.327 e. The summed E-state index contributed by atoms with van der Waals surface area (Å²) in [6, 6.07) is -7.15. The molecule has 7 aliphatic heterocycles. The van der Waals surface area contributed by atoms with Gasteiger partial charge in [0, 0.05) is 52.2 Å². The molecule has 11 heterocycles. The van der Waals surface area contributed by atoms with Gasteiger partial charge in [-0.3, -0.25) is 73.1 Å². The number of primary amides is 1. The van der Waals surface area contributed by atoms with Crippen LogP contribution >= 0.6 is 81.1 Å². The lowest BCUT2D eigenvalue weighted by molar-refractivity contribution is -0.141. The van der Waals surface area contributed by atoms with E-state index in [2.05, 4.69) is 74.7 Å². The van der Waals surface area contributed by atoms with Gasteiger partial charge in [0.25, 0.3) is 23.6 Å². The third kappa shape index (κ3) is 18.1. The second kappa shape index (κ2) is 33.1. The Balaban J connectivity index is 1.05. The van der Waals surface area contributed by atoms with Crippen molar-refractivity contribution in [1.82, 2.24) is 78.0 Å². The number of aliphatic carboxylic acids is 1. The van der Waals surface area contributed by atoms with Crippen molar-refractivity contribution in [3.63, 3.8) is 0 Å². The molecule has 0 aliphatic carbocycles. The number of carboxylic acids is 1. The Labute approximate surface area is 610 Å². The second-order valence-corrected chi connectivity index (χ2v) is 30.5. The number of hydrogen-bond acceptors (Lipinski definition) is 27. The number of thioether (sulfide) groups is 4. The van der Waals surface area contributed by atoms with Crippen LogP contribution in [0.5, 0.6) is 0 Å². The fourth-order valence-electron chi connectivity index (χ4n) is 10.8. The number of rotatable bonds is 7. The molecule has 0 saturated carbocycles. The topological polar surface area (TPSA) is 513 Å². The van der Waals surface area contributed by atoms with Crippen LogP contribution in [-0.2, 0) is 52.7 Å². The van der Waals surface area contributed by atoms with Gasteiger partial charge in [-0.15, -0.1) is 81.1 Å². The Morgan fingerprint density at radius 2 is 1.34 bits per heavy atom. The number of nitrogens with zero attached hydrogens (tertiary/aromatic N) is 8. The van der Waals surface area contributed by atoms with Crippen molar-refractivity contribution in [3.05, 3.63) is 86.1 Å². The van der Waals surface area contributed by atoms with Crippen LogP contribution in [0.4, 0.5) is 0 Å². The molecule has 11 amide bonds. The Morgan fingerprint density at radius 1 is 0.716 bits per heavy atom. The molecule has 16 bridgehead atoms. The first-order chi connectivity index (χ1) is 48.7. The molecule has 34 nitrogen and oxygen atoms in total. The zero-order valence-electron chi connectivity index (χ0n) is 54.8. The van der Waals surface area contributed by atoms with E-state index >= 15 is 4.79 Å². The van der Waals surface area contributed by atoms with Gasteiger partial charge in [0.05, 0.1) is 52.7 Å². The van der Waals surface area contributed by atoms with E-state index in [0.29, 0.717) is 60.4 Å². The van der Waals surface area contributed by atoms with Crippen LogP contribution in [-0.4, -0.2) is 212 Å². The lowest BCUT2D eigenvalue weighted by Crippen LogP contribution is -2.60. The van der Waals surface area contributed by atoms with Gasteiger partial charge in [0.1, 0.15) is 89.8 Å². The van der Waals surface area contributed by atoms with Crippen LogP contribution in [0, 0.1) is 5.41 Å². The van der Waals surface area contributed by atoms with Crippen LogP contribution < -0.4 is 64.6 Å². The second-order valence-electron chi connectivity index (χ2n) is 23.5. The lowest BCUT2D eigenvalue weighted by atomic mass is 10.0. The maximum atomic E-state index is 15.0. The molecule has 2 unspecified atom stereocenters. The summed E-state index contributed by atoms with van der Waals surface area (Å²) >= 11 is 7.63. The van der Waals surface area contributed by atoms with Crippen LogP contribution in [0.15, 0.2) is 73.4 Å². The van der Waals surface area contributed by atoms with Crippen molar-refractivity contribution in [3.8, 4) is 21.4 Å². The quantitative estimate of drug-likeness (QED) is 0.0502.